The van der Waals surface area contributed by atoms with Crippen LogP contribution in [0.3, 0.4) is 0 Å². The summed E-state index contributed by atoms with van der Waals surface area (Å²) in [7, 11) is 0. The van der Waals surface area contributed by atoms with E-state index >= 15 is 0 Å². The number of aromatic nitrogens is 3. The minimum atomic E-state index is 0.381. The van der Waals surface area contributed by atoms with Crippen molar-refractivity contribution in [3.05, 3.63) is 41.2 Å². The van der Waals surface area contributed by atoms with Crippen LogP contribution in [-0.4, -0.2) is 21.3 Å². The van der Waals surface area contributed by atoms with Gasteiger partial charge in [-0.15, -0.1) is 10.2 Å². The molecule has 1 unspecified atom stereocenters. The lowest BCUT2D eigenvalue weighted by Crippen LogP contribution is -2.18. The van der Waals surface area contributed by atoms with E-state index < -0.39 is 0 Å². The number of aryl methyl sites for hydroxylation is 1. The molecule has 1 aromatic heterocycles. The van der Waals surface area contributed by atoms with Crippen LogP contribution in [-0.2, 0) is 12.3 Å². The quantitative estimate of drug-likeness (QED) is 0.860. The third-order valence-electron chi connectivity index (χ3n) is 3.92. The molecule has 0 spiro atoms. The molecule has 1 aromatic carbocycles. The van der Waals surface area contributed by atoms with Crippen LogP contribution in [0, 0.1) is 6.92 Å². The van der Waals surface area contributed by atoms with Crippen LogP contribution in [0.15, 0.2) is 29.4 Å². The fourth-order valence-electron chi connectivity index (χ4n) is 2.70. The van der Waals surface area contributed by atoms with E-state index in [0.29, 0.717) is 6.04 Å². The molecule has 2 aromatic rings. The zero-order valence-electron chi connectivity index (χ0n) is 12.7. The van der Waals surface area contributed by atoms with Crippen molar-refractivity contribution in [2.24, 2.45) is 0 Å². The van der Waals surface area contributed by atoms with E-state index in [4.69, 9.17) is 0 Å². The second-order valence-corrected chi connectivity index (χ2v) is 6.45. The lowest BCUT2D eigenvalue weighted by Gasteiger charge is -2.12. The van der Waals surface area contributed by atoms with E-state index in [1.165, 1.54) is 24.0 Å². The average Bonchev–Trinajstić information content (AvgIpc) is 3.15. The Morgan fingerprint density at radius 1 is 1.29 bits per heavy atom. The Labute approximate surface area is 130 Å². The van der Waals surface area contributed by atoms with Gasteiger partial charge in [-0.1, -0.05) is 41.6 Å². The maximum Gasteiger partial charge on any atom is 0.191 e. The first-order valence-electron chi connectivity index (χ1n) is 7.62. The van der Waals surface area contributed by atoms with Gasteiger partial charge in [0.05, 0.1) is 6.04 Å². The van der Waals surface area contributed by atoms with Gasteiger partial charge in [-0.05, 0) is 38.8 Å². The van der Waals surface area contributed by atoms with Gasteiger partial charge in [-0.3, -0.25) is 0 Å². The third kappa shape index (κ3) is 3.30. The van der Waals surface area contributed by atoms with Gasteiger partial charge in [0.25, 0.3) is 0 Å². The van der Waals surface area contributed by atoms with Crippen LogP contribution in [0.1, 0.15) is 42.8 Å². The zero-order valence-corrected chi connectivity index (χ0v) is 13.5. The topological polar surface area (TPSA) is 42.7 Å². The molecule has 1 N–H and O–H groups in total. The number of benzene rings is 1. The first kappa shape index (κ1) is 14.6. The molecule has 0 bridgehead atoms. The molecule has 0 aliphatic carbocycles. The molecule has 1 atom stereocenters. The summed E-state index contributed by atoms with van der Waals surface area (Å²) in [5.41, 5.74) is 2.63. The van der Waals surface area contributed by atoms with Crippen LogP contribution < -0.4 is 5.32 Å². The van der Waals surface area contributed by atoms with Crippen LogP contribution in [0.5, 0.6) is 0 Å². The summed E-state index contributed by atoms with van der Waals surface area (Å²) >= 11 is 1.77. The Kier molecular flexibility index (Phi) is 4.60. The van der Waals surface area contributed by atoms with Crippen LogP contribution >= 0.6 is 11.8 Å². The highest BCUT2D eigenvalue weighted by molar-refractivity contribution is 7.98. The van der Waals surface area contributed by atoms with E-state index in [9.17, 15) is 0 Å². The van der Waals surface area contributed by atoms with Crippen molar-refractivity contribution in [1.82, 2.24) is 20.1 Å². The predicted molar refractivity (Wildman–Crippen MR) is 86.4 cm³/mol. The van der Waals surface area contributed by atoms with Gasteiger partial charge in [-0.25, -0.2) is 0 Å². The molecular weight excluding hydrogens is 280 g/mol. The van der Waals surface area contributed by atoms with E-state index in [1.807, 2.05) is 0 Å². The lowest BCUT2D eigenvalue weighted by atomic mass is 10.2. The molecule has 1 fully saturated rings. The molecule has 1 aliphatic heterocycles. The van der Waals surface area contributed by atoms with Gasteiger partial charge in [0.2, 0.25) is 0 Å². The Bertz CT molecular complexity index is 585. The largest absolute Gasteiger partial charge is 0.307 e. The maximum atomic E-state index is 4.43. The molecule has 1 saturated heterocycles. The number of hydrogen-bond acceptors (Lipinski definition) is 4. The fraction of sp³-hybridized carbons (Fsp3) is 0.500. The number of thioether (sulfide) groups is 1. The van der Waals surface area contributed by atoms with Crippen molar-refractivity contribution in [2.45, 2.75) is 50.2 Å². The summed E-state index contributed by atoms with van der Waals surface area (Å²) < 4.78 is 2.25. The summed E-state index contributed by atoms with van der Waals surface area (Å²) in [6, 6.07) is 9.08. The molecule has 0 radical (unpaired) electrons. The Hall–Kier alpha value is -1.33. The molecule has 21 heavy (non-hydrogen) atoms. The Morgan fingerprint density at radius 2 is 2.10 bits per heavy atom. The smallest absolute Gasteiger partial charge is 0.191 e. The number of nitrogens with zero attached hydrogens (tertiary/aromatic N) is 3. The normalized spacial score (nSPS) is 18.3. The van der Waals surface area contributed by atoms with Gasteiger partial charge in [0, 0.05) is 12.3 Å². The monoisotopic (exact) mass is 302 g/mol. The van der Waals surface area contributed by atoms with Crippen molar-refractivity contribution < 1.29 is 0 Å². The van der Waals surface area contributed by atoms with Crippen LogP contribution in [0.2, 0.25) is 0 Å². The highest BCUT2D eigenvalue weighted by Gasteiger charge is 2.23. The number of hydrogen-bond donors (Lipinski definition) is 1. The van der Waals surface area contributed by atoms with E-state index in [2.05, 4.69) is 58.2 Å². The highest BCUT2D eigenvalue weighted by atomic mass is 32.2. The summed E-state index contributed by atoms with van der Waals surface area (Å²) in [6.07, 6.45) is 2.40. The second-order valence-electron chi connectivity index (χ2n) is 5.51. The summed E-state index contributed by atoms with van der Waals surface area (Å²) in [5.74, 6) is 2.04. The summed E-state index contributed by atoms with van der Waals surface area (Å²) in [6.45, 7) is 6.30. The number of nitrogens with one attached hydrogen (secondary N) is 1. The summed E-state index contributed by atoms with van der Waals surface area (Å²) in [4.78, 5) is 0. The molecule has 0 saturated carbocycles. The molecule has 3 rings (SSSR count). The molecule has 112 valence electrons. The lowest BCUT2D eigenvalue weighted by molar-refractivity contribution is 0.542. The van der Waals surface area contributed by atoms with E-state index in [-0.39, 0.29) is 0 Å². The highest BCUT2D eigenvalue weighted by Crippen LogP contribution is 2.27. The molecular formula is C16H22N4S. The van der Waals surface area contributed by atoms with E-state index in [1.54, 1.807) is 11.8 Å². The Morgan fingerprint density at radius 3 is 2.76 bits per heavy atom. The number of rotatable bonds is 5. The standard InChI is InChI=1S/C16H22N4S/c1-3-20-15(14-5-4-10-17-14)18-19-16(20)21-11-13-8-6-12(2)7-9-13/h6-9,14,17H,3-5,10-11H2,1-2H3. The Balaban J connectivity index is 1.71. The average molecular weight is 302 g/mol. The van der Waals surface area contributed by atoms with Crippen molar-refractivity contribution in [3.8, 4) is 0 Å². The molecule has 4 nitrogen and oxygen atoms in total. The van der Waals surface area contributed by atoms with Gasteiger partial charge in [0.1, 0.15) is 0 Å². The van der Waals surface area contributed by atoms with Crippen LogP contribution in [0.4, 0.5) is 0 Å². The van der Waals surface area contributed by atoms with Crippen LogP contribution in [0.25, 0.3) is 0 Å². The zero-order chi connectivity index (χ0) is 14.7. The van der Waals surface area contributed by atoms with Gasteiger partial charge >= 0.3 is 0 Å². The van der Waals surface area contributed by atoms with Gasteiger partial charge in [-0.2, -0.15) is 0 Å². The molecule has 5 heteroatoms. The minimum absolute atomic E-state index is 0.381. The molecule has 1 aliphatic rings. The van der Waals surface area contributed by atoms with Crippen molar-refractivity contribution in [3.63, 3.8) is 0 Å². The van der Waals surface area contributed by atoms with Crippen molar-refractivity contribution >= 4 is 11.8 Å². The maximum absolute atomic E-state index is 4.43. The predicted octanol–water partition coefficient (Wildman–Crippen LogP) is 3.32. The summed E-state index contributed by atoms with van der Waals surface area (Å²) in [5, 5.41) is 13.4. The SMILES string of the molecule is CCn1c(SCc2ccc(C)cc2)nnc1C1CCCN1. The van der Waals surface area contributed by atoms with Gasteiger partial charge in [0.15, 0.2) is 11.0 Å². The second kappa shape index (κ2) is 6.62. The van der Waals surface area contributed by atoms with Crippen molar-refractivity contribution in [2.75, 3.05) is 6.54 Å². The van der Waals surface area contributed by atoms with Crippen molar-refractivity contribution in [1.29, 1.82) is 0 Å². The first-order chi connectivity index (χ1) is 10.3. The fourth-order valence-corrected chi connectivity index (χ4v) is 3.66. The van der Waals surface area contributed by atoms with Gasteiger partial charge < -0.3 is 9.88 Å². The molecule has 2 heterocycles. The third-order valence-corrected chi connectivity index (χ3v) is 4.96. The first-order valence-corrected chi connectivity index (χ1v) is 8.61. The minimum Gasteiger partial charge on any atom is -0.307 e. The van der Waals surface area contributed by atoms with E-state index in [0.717, 1.165) is 29.8 Å². The molecule has 0 amide bonds.